The van der Waals surface area contributed by atoms with Crippen molar-refractivity contribution < 1.29 is 9.90 Å². The van der Waals surface area contributed by atoms with Crippen LogP contribution in [0.15, 0.2) is 4.79 Å². The fourth-order valence-electron chi connectivity index (χ4n) is 7.19. The van der Waals surface area contributed by atoms with Crippen molar-refractivity contribution in [2.24, 2.45) is 16.7 Å². The molecule has 1 amide bonds. The van der Waals surface area contributed by atoms with Crippen LogP contribution >= 0.6 is 0 Å². The molecular formula is C20H28N4O3. The van der Waals surface area contributed by atoms with Crippen LogP contribution in [0.25, 0.3) is 0 Å². The van der Waals surface area contributed by atoms with Crippen molar-refractivity contribution in [1.82, 2.24) is 14.9 Å². The molecule has 4 bridgehead atoms. The van der Waals surface area contributed by atoms with Crippen LogP contribution < -0.4 is 11.3 Å². The molecule has 7 nitrogen and oxygen atoms in total. The molecule has 27 heavy (non-hydrogen) atoms. The molecule has 4 atom stereocenters. The van der Waals surface area contributed by atoms with Crippen LogP contribution in [0.4, 0.5) is 5.95 Å². The number of nitrogens with one attached hydrogen (secondary N) is 1. The zero-order chi connectivity index (χ0) is 19.0. The Morgan fingerprint density at radius 2 is 2.15 bits per heavy atom. The van der Waals surface area contributed by atoms with Crippen LogP contribution in [0.2, 0.25) is 0 Å². The average Bonchev–Trinajstić information content (AvgIpc) is 2.58. The molecule has 0 spiro atoms. The zero-order valence-corrected chi connectivity index (χ0v) is 15.9. The first-order valence-electron chi connectivity index (χ1n) is 10.1. The van der Waals surface area contributed by atoms with E-state index in [1.807, 2.05) is 4.90 Å². The van der Waals surface area contributed by atoms with Crippen molar-refractivity contribution in [3.63, 3.8) is 0 Å². The first-order valence-corrected chi connectivity index (χ1v) is 10.1. The summed E-state index contributed by atoms with van der Waals surface area (Å²) in [5.41, 5.74) is 5.74. The lowest BCUT2D eigenvalue weighted by Crippen LogP contribution is -2.64. The number of hydrogen-bond acceptors (Lipinski definition) is 5. The molecule has 4 fully saturated rings. The van der Waals surface area contributed by atoms with Gasteiger partial charge in [0.1, 0.15) is 0 Å². The summed E-state index contributed by atoms with van der Waals surface area (Å²) in [6.07, 6.45) is 6.75. The molecule has 1 aliphatic heterocycles. The average molecular weight is 372 g/mol. The second kappa shape index (κ2) is 5.34. The maximum Gasteiger partial charge on any atom is 0.255 e. The fourth-order valence-corrected chi connectivity index (χ4v) is 7.19. The fraction of sp³-hybridized carbons (Fsp3) is 0.750. The van der Waals surface area contributed by atoms with E-state index >= 15 is 0 Å². The Balaban J connectivity index is 1.47. The van der Waals surface area contributed by atoms with E-state index in [1.165, 1.54) is 0 Å². The summed E-state index contributed by atoms with van der Waals surface area (Å²) >= 11 is 0. The number of hydrogen-bond donors (Lipinski definition) is 3. The summed E-state index contributed by atoms with van der Waals surface area (Å²) in [6, 6.07) is 0. The number of amides is 1. The molecule has 7 heteroatoms. The van der Waals surface area contributed by atoms with E-state index in [-0.39, 0.29) is 22.8 Å². The highest BCUT2D eigenvalue weighted by Gasteiger charge is 2.65. The molecule has 146 valence electrons. The number of H-pyrrole nitrogens is 1. The molecule has 4 N–H and O–H groups in total. The van der Waals surface area contributed by atoms with E-state index in [0.717, 1.165) is 38.5 Å². The predicted molar refractivity (Wildman–Crippen MR) is 99.7 cm³/mol. The van der Waals surface area contributed by atoms with E-state index in [0.29, 0.717) is 43.1 Å². The van der Waals surface area contributed by atoms with Crippen LogP contribution in [0.3, 0.4) is 0 Å². The number of nitrogens with zero attached hydrogens (tertiary/aromatic N) is 2. The van der Waals surface area contributed by atoms with Crippen LogP contribution in [-0.2, 0) is 17.8 Å². The van der Waals surface area contributed by atoms with E-state index in [1.54, 1.807) is 0 Å². The molecular weight excluding hydrogens is 344 g/mol. The second-order valence-corrected chi connectivity index (χ2v) is 9.72. The van der Waals surface area contributed by atoms with Crippen LogP contribution in [0.1, 0.15) is 63.1 Å². The lowest BCUT2D eigenvalue weighted by atomic mass is 9.42. The topological polar surface area (TPSA) is 112 Å². The van der Waals surface area contributed by atoms with Gasteiger partial charge in [-0.25, -0.2) is 4.98 Å². The van der Waals surface area contributed by atoms with E-state index in [9.17, 15) is 14.7 Å². The van der Waals surface area contributed by atoms with E-state index < -0.39 is 11.0 Å². The largest absolute Gasteiger partial charge is 0.390 e. The van der Waals surface area contributed by atoms with Crippen LogP contribution in [0, 0.1) is 16.7 Å². The van der Waals surface area contributed by atoms with Crippen LogP contribution in [0.5, 0.6) is 0 Å². The lowest BCUT2D eigenvalue weighted by Gasteiger charge is -2.65. The molecule has 1 aromatic rings. The van der Waals surface area contributed by atoms with E-state index in [4.69, 9.17) is 5.73 Å². The first kappa shape index (κ1) is 17.2. The Morgan fingerprint density at radius 1 is 1.33 bits per heavy atom. The number of nitrogens with two attached hydrogens (primary N) is 1. The minimum absolute atomic E-state index is 0.0992. The van der Waals surface area contributed by atoms with Crippen molar-refractivity contribution in [2.75, 3.05) is 12.3 Å². The van der Waals surface area contributed by atoms with Gasteiger partial charge in [-0.15, -0.1) is 0 Å². The maximum absolute atomic E-state index is 13.7. The maximum atomic E-state index is 13.7. The van der Waals surface area contributed by atoms with Crippen LogP contribution in [-0.4, -0.2) is 38.0 Å². The van der Waals surface area contributed by atoms with Gasteiger partial charge in [-0.3, -0.25) is 14.6 Å². The van der Waals surface area contributed by atoms with Gasteiger partial charge in [0, 0.05) is 12.1 Å². The molecule has 4 unspecified atom stereocenters. The molecule has 1 aromatic heterocycles. The van der Waals surface area contributed by atoms with Crippen molar-refractivity contribution in [3.8, 4) is 0 Å². The molecule has 6 rings (SSSR count). The lowest BCUT2D eigenvalue weighted by molar-refractivity contribution is -0.210. The number of carbonyl (C=O) groups excluding carboxylic acids is 1. The summed E-state index contributed by atoms with van der Waals surface area (Å²) in [7, 11) is 0. The van der Waals surface area contributed by atoms with Gasteiger partial charge in [-0.2, -0.15) is 0 Å². The number of carbonyl (C=O) groups is 1. The Labute approximate surface area is 158 Å². The normalized spacial score (nSPS) is 39.5. The number of aromatic amines is 1. The number of nitrogen functional groups attached to an aromatic ring is 1. The number of anilines is 1. The molecule has 2 heterocycles. The van der Waals surface area contributed by atoms with E-state index in [2.05, 4.69) is 16.9 Å². The molecule has 4 aliphatic carbocycles. The monoisotopic (exact) mass is 372 g/mol. The highest BCUT2D eigenvalue weighted by Crippen LogP contribution is 2.68. The highest BCUT2D eigenvalue weighted by atomic mass is 16.3. The predicted octanol–water partition coefficient (Wildman–Crippen LogP) is 1.35. The molecule has 0 radical (unpaired) electrons. The van der Waals surface area contributed by atoms with Gasteiger partial charge in [0.2, 0.25) is 11.9 Å². The molecule has 0 aromatic carbocycles. The van der Waals surface area contributed by atoms with Gasteiger partial charge in [-0.05, 0) is 56.3 Å². The van der Waals surface area contributed by atoms with Gasteiger partial charge < -0.3 is 15.7 Å². The minimum atomic E-state index is -0.682. The van der Waals surface area contributed by atoms with Crippen molar-refractivity contribution in [3.05, 3.63) is 21.6 Å². The number of rotatable bonds is 2. The summed E-state index contributed by atoms with van der Waals surface area (Å²) in [5.74, 6) is 0.695. The van der Waals surface area contributed by atoms with Gasteiger partial charge >= 0.3 is 0 Å². The van der Waals surface area contributed by atoms with Gasteiger partial charge in [-0.1, -0.05) is 13.3 Å². The van der Waals surface area contributed by atoms with Gasteiger partial charge in [0.05, 0.1) is 23.3 Å². The number of aliphatic hydroxyl groups is 1. The zero-order valence-electron chi connectivity index (χ0n) is 15.9. The Bertz CT molecular complexity index is 882. The third-order valence-corrected chi connectivity index (χ3v) is 7.74. The smallest absolute Gasteiger partial charge is 0.255 e. The quantitative estimate of drug-likeness (QED) is 0.725. The van der Waals surface area contributed by atoms with Gasteiger partial charge in [0.15, 0.2) is 0 Å². The summed E-state index contributed by atoms with van der Waals surface area (Å²) < 4.78 is 0. The van der Waals surface area contributed by atoms with Crippen molar-refractivity contribution in [1.29, 1.82) is 0 Å². The highest BCUT2D eigenvalue weighted by molar-refractivity contribution is 5.84. The SMILES string of the molecule is CCC12CC3CC(O)(C1)CC(C(=O)N1CCc4c(nc(N)[nH]c4=O)C1)(C3)C2. The summed E-state index contributed by atoms with van der Waals surface area (Å²) in [6.45, 7) is 3.07. The standard InChI is InChI=1S/C20H28N4O3/c1-2-18-5-12-6-19(9-18,11-20(27,7-12)10-18)16(26)24-4-3-13-14(8-24)22-17(21)23-15(13)25/h12,27H,2-11H2,1H3,(H3,21,22,23,25). The van der Waals surface area contributed by atoms with Crippen molar-refractivity contribution in [2.45, 2.75) is 70.4 Å². The molecule has 0 saturated heterocycles. The Hall–Kier alpha value is -1.89. The Morgan fingerprint density at radius 3 is 2.89 bits per heavy atom. The van der Waals surface area contributed by atoms with Gasteiger partial charge in [0.25, 0.3) is 5.56 Å². The third-order valence-electron chi connectivity index (χ3n) is 7.74. The number of aromatic nitrogens is 2. The summed E-state index contributed by atoms with van der Waals surface area (Å²) in [4.78, 5) is 34.5. The minimum Gasteiger partial charge on any atom is -0.390 e. The molecule has 5 aliphatic rings. The second-order valence-electron chi connectivity index (χ2n) is 9.72. The Kier molecular flexibility index (Phi) is 3.41. The summed E-state index contributed by atoms with van der Waals surface area (Å²) in [5, 5.41) is 11.2. The van der Waals surface area contributed by atoms with Crippen molar-refractivity contribution >= 4 is 11.9 Å². The first-order chi connectivity index (χ1) is 12.8. The third kappa shape index (κ3) is 2.47. The molecule has 4 saturated carbocycles. The number of fused-ring (bicyclic) bond motifs is 1.